The molecule has 15 heteroatoms. The minimum Gasteiger partial charge on any atom is -0.387 e. The van der Waals surface area contributed by atoms with E-state index in [1.165, 1.54) is 87.5 Å². The average molecular weight is 878 g/mol. The Morgan fingerprint density at radius 3 is 2.03 bits per heavy atom. The molecule has 0 bridgehead atoms. The van der Waals surface area contributed by atoms with Crippen molar-refractivity contribution in [2.24, 2.45) is 0 Å². The molecule has 4 aromatic rings. The van der Waals surface area contributed by atoms with Crippen molar-refractivity contribution in [1.82, 2.24) is 14.6 Å². The number of ether oxygens (including phenoxy) is 3. The number of anilines is 1. The van der Waals surface area contributed by atoms with E-state index in [2.05, 4.69) is 17.0 Å². The Balaban J connectivity index is 1.11. The average Bonchev–Trinajstić information content (AvgIpc) is 3.85. The van der Waals surface area contributed by atoms with Crippen LogP contribution in [0.1, 0.15) is 126 Å². The summed E-state index contributed by atoms with van der Waals surface area (Å²) in [7, 11) is -4.35. The maximum Gasteiger partial charge on any atom is 0.475 e. The van der Waals surface area contributed by atoms with Crippen LogP contribution in [-0.4, -0.2) is 75.7 Å². The van der Waals surface area contributed by atoms with Crippen LogP contribution in [0.15, 0.2) is 79.1 Å². The molecule has 1 fully saturated rings. The Labute approximate surface area is 367 Å². The SMILES string of the molecule is CCCCCCCCCOCCCCCCCCCC[C@H](COP(=O)(OCc1ccccc1)OC[C@H]1O[C@@](C#N)(c2ccc3c(N)ncnn23)[C@@H](O)C1O)OCc1ccccc1. The van der Waals surface area contributed by atoms with Gasteiger partial charge in [0.2, 0.25) is 5.60 Å². The Kier molecular flexibility index (Phi) is 21.3. The summed E-state index contributed by atoms with van der Waals surface area (Å²) in [4.78, 5) is 3.97. The zero-order valence-corrected chi connectivity index (χ0v) is 37.3. The first-order valence-electron chi connectivity index (χ1n) is 22.6. The van der Waals surface area contributed by atoms with Gasteiger partial charge in [-0.25, -0.2) is 14.1 Å². The summed E-state index contributed by atoms with van der Waals surface area (Å²) in [6.07, 6.45) is 14.9. The normalized spacial score (nSPS) is 20.3. The lowest BCUT2D eigenvalue weighted by molar-refractivity contribution is -0.0673. The second-order valence-corrected chi connectivity index (χ2v) is 17.8. The Morgan fingerprint density at radius 2 is 1.40 bits per heavy atom. The Hall–Kier alpha value is -3.74. The van der Waals surface area contributed by atoms with Crippen molar-refractivity contribution in [3.05, 3.63) is 95.9 Å². The van der Waals surface area contributed by atoms with Gasteiger partial charge >= 0.3 is 7.82 Å². The molecule has 3 heterocycles. The van der Waals surface area contributed by atoms with E-state index in [1.807, 2.05) is 66.7 Å². The smallest absolute Gasteiger partial charge is 0.387 e. The fourth-order valence-corrected chi connectivity index (χ4v) is 8.84. The highest BCUT2D eigenvalue weighted by Crippen LogP contribution is 2.52. The maximum absolute atomic E-state index is 14.4. The number of hydrogen-bond donors (Lipinski definition) is 3. The van der Waals surface area contributed by atoms with Crippen LogP contribution >= 0.6 is 7.82 Å². The summed E-state index contributed by atoms with van der Waals surface area (Å²) in [5, 5.41) is 36.9. The summed E-state index contributed by atoms with van der Waals surface area (Å²) < 4.78 is 51.7. The number of fused-ring (bicyclic) bond motifs is 1. The van der Waals surface area contributed by atoms with Crippen LogP contribution in [0.2, 0.25) is 0 Å². The second kappa shape index (κ2) is 26.8. The molecular weight excluding hydrogens is 810 g/mol. The Bertz CT molecular complexity index is 1930. The van der Waals surface area contributed by atoms with E-state index in [9.17, 15) is 20.0 Å². The van der Waals surface area contributed by atoms with E-state index in [0.29, 0.717) is 18.5 Å². The number of nitrogens with two attached hydrogens (primary N) is 1. The largest absolute Gasteiger partial charge is 0.475 e. The monoisotopic (exact) mass is 877 g/mol. The third-order valence-electron chi connectivity index (χ3n) is 11.3. The zero-order valence-electron chi connectivity index (χ0n) is 36.4. The number of aliphatic hydroxyl groups excluding tert-OH is 2. The third kappa shape index (κ3) is 15.2. The van der Waals surface area contributed by atoms with Crippen LogP contribution in [0.3, 0.4) is 0 Å². The number of hydrogen-bond acceptors (Lipinski definition) is 13. The molecule has 62 heavy (non-hydrogen) atoms. The number of aliphatic hydroxyl groups is 2. The van der Waals surface area contributed by atoms with Crippen molar-refractivity contribution in [3.63, 3.8) is 0 Å². The number of benzene rings is 2. The van der Waals surface area contributed by atoms with Crippen LogP contribution in [0, 0.1) is 11.3 Å². The van der Waals surface area contributed by atoms with Gasteiger partial charge in [0.1, 0.15) is 36.2 Å². The molecule has 4 N–H and O–H groups in total. The molecule has 0 saturated carbocycles. The lowest BCUT2D eigenvalue weighted by Gasteiger charge is -2.25. The van der Waals surface area contributed by atoms with Crippen molar-refractivity contribution >= 4 is 19.2 Å². The minimum absolute atomic E-state index is 0.0873. The molecule has 14 nitrogen and oxygen atoms in total. The van der Waals surface area contributed by atoms with Gasteiger partial charge in [-0.05, 0) is 42.5 Å². The van der Waals surface area contributed by atoms with Gasteiger partial charge < -0.3 is 30.2 Å². The molecule has 1 aliphatic rings. The van der Waals surface area contributed by atoms with Gasteiger partial charge in [-0.1, -0.05) is 151 Å². The second-order valence-electron chi connectivity index (χ2n) is 16.2. The number of phosphoric ester groups is 1. The van der Waals surface area contributed by atoms with E-state index < -0.39 is 44.4 Å². The molecule has 340 valence electrons. The number of nitrogens with zero attached hydrogens (tertiary/aromatic N) is 4. The summed E-state index contributed by atoms with van der Waals surface area (Å²) in [5.41, 5.74) is 6.19. The van der Waals surface area contributed by atoms with Crippen molar-refractivity contribution in [1.29, 1.82) is 5.26 Å². The Morgan fingerprint density at radius 1 is 0.806 bits per heavy atom. The molecule has 2 aromatic heterocycles. The van der Waals surface area contributed by atoms with E-state index in [4.69, 9.17) is 33.5 Å². The van der Waals surface area contributed by atoms with Crippen LogP contribution in [-0.2, 0) is 51.2 Å². The van der Waals surface area contributed by atoms with Crippen molar-refractivity contribution < 1.29 is 42.6 Å². The topological polar surface area (TPSA) is 193 Å². The van der Waals surface area contributed by atoms with Crippen molar-refractivity contribution in [3.8, 4) is 6.07 Å². The van der Waals surface area contributed by atoms with Crippen LogP contribution in [0.25, 0.3) is 5.52 Å². The minimum atomic E-state index is -4.35. The van der Waals surface area contributed by atoms with Gasteiger partial charge in [-0.3, -0.25) is 13.6 Å². The highest BCUT2D eigenvalue weighted by Gasteiger charge is 2.58. The molecule has 0 radical (unpaired) electrons. The third-order valence-corrected chi connectivity index (χ3v) is 12.7. The predicted molar refractivity (Wildman–Crippen MR) is 238 cm³/mol. The van der Waals surface area contributed by atoms with Gasteiger partial charge in [0, 0.05) is 13.2 Å². The number of unbranched alkanes of at least 4 members (excludes halogenated alkanes) is 13. The fourth-order valence-electron chi connectivity index (χ4n) is 7.63. The number of phosphoric acid groups is 1. The number of nitriles is 1. The van der Waals surface area contributed by atoms with E-state index in [1.54, 1.807) is 6.07 Å². The summed E-state index contributed by atoms with van der Waals surface area (Å²) in [5.74, 6) is 0.156. The van der Waals surface area contributed by atoms with E-state index >= 15 is 0 Å². The number of nitrogen functional groups attached to an aromatic ring is 1. The summed E-state index contributed by atoms with van der Waals surface area (Å²) in [6, 6.07) is 24.1. The predicted octanol–water partition coefficient (Wildman–Crippen LogP) is 9.37. The first-order valence-corrected chi connectivity index (χ1v) is 24.1. The van der Waals surface area contributed by atoms with E-state index in [-0.39, 0.29) is 24.7 Å². The van der Waals surface area contributed by atoms with Crippen LogP contribution in [0.4, 0.5) is 5.82 Å². The molecular formula is C47H68N5O9P. The fraction of sp³-hybridized carbons (Fsp3) is 0.596. The van der Waals surface area contributed by atoms with Crippen LogP contribution < -0.4 is 5.73 Å². The summed E-state index contributed by atoms with van der Waals surface area (Å²) in [6.45, 7) is 3.63. The lowest BCUT2D eigenvalue weighted by atomic mass is 9.92. The standard InChI is InChI=1S/C47H68N5O9P/c1-2-3-4-5-9-12-21-30-56-31-22-13-10-7-6-8-11-20-27-40(57-32-38-23-16-14-17-24-38)34-59-62(55,58-33-39-25-18-15-19-26-39)60-35-42-44(53)45(54)47(36-48,61-42)43-29-28-41-46(49)50-37-51-52(41)43/h14-19,23-26,28-29,37,40,42,44-45,53-54H,2-13,20-22,27,30-35H2,1H3,(H2,49,50,51)/t40-,42-,44?,45+,47+,62?/m1/s1. The van der Waals surface area contributed by atoms with E-state index in [0.717, 1.165) is 50.0 Å². The molecule has 1 aliphatic heterocycles. The van der Waals surface area contributed by atoms with Gasteiger partial charge in [-0.2, -0.15) is 10.4 Å². The molecule has 0 amide bonds. The van der Waals surface area contributed by atoms with Gasteiger partial charge in [0.25, 0.3) is 0 Å². The summed E-state index contributed by atoms with van der Waals surface area (Å²) >= 11 is 0. The molecule has 2 unspecified atom stereocenters. The van der Waals surface area contributed by atoms with Gasteiger partial charge in [0.15, 0.2) is 5.82 Å². The highest BCUT2D eigenvalue weighted by atomic mass is 31.2. The first kappa shape index (κ1) is 49.3. The lowest BCUT2D eigenvalue weighted by Crippen LogP contribution is -2.41. The highest BCUT2D eigenvalue weighted by molar-refractivity contribution is 7.48. The molecule has 2 aromatic carbocycles. The molecule has 0 spiro atoms. The number of aromatic nitrogens is 3. The van der Waals surface area contributed by atoms with Gasteiger partial charge in [-0.15, -0.1) is 0 Å². The molecule has 0 aliphatic carbocycles. The molecule has 1 saturated heterocycles. The van der Waals surface area contributed by atoms with Crippen molar-refractivity contribution in [2.75, 3.05) is 32.2 Å². The maximum atomic E-state index is 14.4. The quantitative estimate of drug-likeness (QED) is 0.0311. The van der Waals surface area contributed by atoms with Gasteiger partial charge in [0.05, 0.1) is 38.2 Å². The first-order chi connectivity index (χ1) is 30.3. The zero-order chi connectivity index (χ0) is 43.9. The molecule has 6 atom stereocenters. The van der Waals surface area contributed by atoms with Crippen LogP contribution in [0.5, 0.6) is 0 Å². The van der Waals surface area contributed by atoms with Crippen molar-refractivity contribution in [2.45, 2.75) is 153 Å². The number of rotatable bonds is 32. The molecule has 5 rings (SSSR count).